The van der Waals surface area contributed by atoms with Gasteiger partial charge in [0.15, 0.2) is 12.4 Å². The van der Waals surface area contributed by atoms with Crippen LogP contribution in [0.2, 0.25) is 5.02 Å². The molecule has 0 fully saturated rings. The molecule has 0 aliphatic heterocycles. The molecule has 3 rings (SSSR count). The number of ether oxygens (including phenoxy) is 1. The van der Waals surface area contributed by atoms with Crippen molar-refractivity contribution in [2.24, 2.45) is 5.92 Å². The van der Waals surface area contributed by atoms with Gasteiger partial charge in [-0.25, -0.2) is 4.79 Å². The molecular formula is C22H21ClN2O4. The first-order valence-corrected chi connectivity index (χ1v) is 9.59. The second kappa shape index (κ2) is 8.92. The van der Waals surface area contributed by atoms with E-state index in [0.29, 0.717) is 28.6 Å². The van der Waals surface area contributed by atoms with Crippen molar-refractivity contribution < 1.29 is 19.1 Å². The van der Waals surface area contributed by atoms with Gasteiger partial charge in [0, 0.05) is 28.6 Å². The fraction of sp³-hybridized carbons (Fsp3) is 0.227. The summed E-state index contributed by atoms with van der Waals surface area (Å²) < 4.78 is 5.12. The summed E-state index contributed by atoms with van der Waals surface area (Å²) in [5.41, 5.74) is 1.81. The van der Waals surface area contributed by atoms with Gasteiger partial charge in [-0.2, -0.15) is 0 Å². The number of benzene rings is 2. The Morgan fingerprint density at radius 2 is 1.76 bits per heavy atom. The van der Waals surface area contributed by atoms with Crippen molar-refractivity contribution in [2.75, 3.05) is 11.9 Å². The highest BCUT2D eigenvalue weighted by Crippen LogP contribution is 2.27. The lowest BCUT2D eigenvalue weighted by Crippen LogP contribution is -2.15. The monoisotopic (exact) mass is 412 g/mol. The summed E-state index contributed by atoms with van der Waals surface area (Å²) in [7, 11) is 0. The molecule has 0 saturated heterocycles. The number of halogens is 1. The lowest BCUT2D eigenvalue weighted by molar-refractivity contribution is -0.116. The highest BCUT2D eigenvalue weighted by molar-refractivity contribution is 6.38. The van der Waals surface area contributed by atoms with Gasteiger partial charge >= 0.3 is 5.97 Å². The summed E-state index contributed by atoms with van der Waals surface area (Å²) in [6.45, 7) is 3.51. The molecular weight excluding hydrogens is 392 g/mol. The average Bonchev–Trinajstić information content (AvgIpc) is 3.03. The van der Waals surface area contributed by atoms with Crippen molar-refractivity contribution >= 4 is 45.9 Å². The largest absolute Gasteiger partial charge is 0.453 e. The zero-order chi connectivity index (χ0) is 21.0. The number of hydrogen-bond donors (Lipinski definition) is 2. The van der Waals surface area contributed by atoms with E-state index in [0.717, 1.165) is 0 Å². The van der Waals surface area contributed by atoms with E-state index in [4.69, 9.17) is 16.3 Å². The third-order valence-electron chi connectivity index (χ3n) is 4.27. The number of para-hydroxylation sites is 1. The van der Waals surface area contributed by atoms with Crippen LogP contribution in [0.4, 0.5) is 5.69 Å². The molecule has 1 heterocycles. The van der Waals surface area contributed by atoms with E-state index in [-0.39, 0.29) is 28.3 Å². The molecule has 0 atom stereocenters. The first kappa shape index (κ1) is 20.6. The van der Waals surface area contributed by atoms with Crippen molar-refractivity contribution in [1.29, 1.82) is 0 Å². The Kier molecular flexibility index (Phi) is 6.34. The number of amides is 1. The Bertz CT molecular complexity index is 1050. The number of ketones is 1. The highest BCUT2D eigenvalue weighted by atomic mass is 35.5. The number of carbonyl (C=O) groups is 3. The summed E-state index contributed by atoms with van der Waals surface area (Å²) in [4.78, 5) is 39.3. The fourth-order valence-electron chi connectivity index (χ4n) is 2.86. The molecule has 0 bridgehead atoms. The third-order valence-corrected chi connectivity index (χ3v) is 4.66. The molecule has 3 aromatic rings. The number of rotatable bonds is 7. The van der Waals surface area contributed by atoms with E-state index in [1.807, 2.05) is 26.0 Å². The maximum absolute atomic E-state index is 12.3. The van der Waals surface area contributed by atoms with Crippen LogP contribution in [-0.2, 0) is 9.53 Å². The van der Waals surface area contributed by atoms with Crippen LogP contribution in [-0.4, -0.2) is 29.3 Å². The zero-order valence-electron chi connectivity index (χ0n) is 16.1. The number of aromatic amines is 1. The van der Waals surface area contributed by atoms with E-state index < -0.39 is 12.6 Å². The standard InChI is InChI=1S/C22H21ClN2O4/c1-13(2)11-19(27)24-15-9-7-14(8-10-15)18(26)12-29-22(28)21-20(23)16-5-3-4-6-17(16)25-21/h3-10,13,25H,11-12H2,1-2H3,(H,24,27). The molecule has 0 aliphatic carbocycles. The minimum atomic E-state index is -0.697. The number of aromatic nitrogens is 1. The van der Waals surface area contributed by atoms with Crippen molar-refractivity contribution in [2.45, 2.75) is 20.3 Å². The van der Waals surface area contributed by atoms with Crippen LogP contribution in [0.3, 0.4) is 0 Å². The van der Waals surface area contributed by atoms with Gasteiger partial charge in [-0.1, -0.05) is 43.6 Å². The maximum atomic E-state index is 12.3. The Morgan fingerprint density at radius 1 is 1.07 bits per heavy atom. The van der Waals surface area contributed by atoms with E-state index in [9.17, 15) is 14.4 Å². The maximum Gasteiger partial charge on any atom is 0.356 e. The predicted molar refractivity (Wildman–Crippen MR) is 112 cm³/mol. The lowest BCUT2D eigenvalue weighted by atomic mass is 10.1. The molecule has 0 spiro atoms. The second-order valence-electron chi connectivity index (χ2n) is 7.08. The van der Waals surface area contributed by atoms with Crippen molar-refractivity contribution in [1.82, 2.24) is 4.98 Å². The fourth-order valence-corrected chi connectivity index (χ4v) is 3.15. The molecule has 150 valence electrons. The molecule has 29 heavy (non-hydrogen) atoms. The molecule has 0 unspecified atom stereocenters. The summed E-state index contributed by atoms with van der Waals surface area (Å²) in [6.07, 6.45) is 0.424. The van der Waals surface area contributed by atoms with Gasteiger partial charge in [0.05, 0.1) is 5.02 Å². The topological polar surface area (TPSA) is 88.3 Å². The van der Waals surface area contributed by atoms with E-state index in [1.54, 1.807) is 36.4 Å². The number of H-pyrrole nitrogens is 1. The lowest BCUT2D eigenvalue weighted by Gasteiger charge is -2.08. The van der Waals surface area contributed by atoms with Crippen LogP contribution < -0.4 is 5.32 Å². The SMILES string of the molecule is CC(C)CC(=O)Nc1ccc(C(=O)COC(=O)c2[nH]c3ccccc3c2Cl)cc1. The molecule has 2 aromatic carbocycles. The van der Waals surface area contributed by atoms with Crippen LogP contribution in [0, 0.1) is 5.92 Å². The van der Waals surface area contributed by atoms with Gasteiger partial charge < -0.3 is 15.0 Å². The Labute approximate surface area is 173 Å². The smallest absolute Gasteiger partial charge is 0.356 e. The van der Waals surface area contributed by atoms with Gasteiger partial charge in [0.1, 0.15) is 5.69 Å². The van der Waals surface area contributed by atoms with E-state index in [1.165, 1.54) is 0 Å². The molecule has 0 aliphatic rings. The second-order valence-corrected chi connectivity index (χ2v) is 7.46. The zero-order valence-corrected chi connectivity index (χ0v) is 16.9. The van der Waals surface area contributed by atoms with Gasteiger partial charge in [-0.05, 0) is 36.2 Å². The van der Waals surface area contributed by atoms with E-state index in [2.05, 4.69) is 10.3 Å². The van der Waals surface area contributed by atoms with Crippen LogP contribution in [0.15, 0.2) is 48.5 Å². The molecule has 7 heteroatoms. The minimum Gasteiger partial charge on any atom is -0.453 e. The highest BCUT2D eigenvalue weighted by Gasteiger charge is 2.19. The van der Waals surface area contributed by atoms with Gasteiger partial charge in [0.25, 0.3) is 0 Å². The quantitative estimate of drug-likeness (QED) is 0.429. The van der Waals surface area contributed by atoms with Crippen LogP contribution in [0.1, 0.15) is 41.1 Å². The minimum absolute atomic E-state index is 0.0804. The van der Waals surface area contributed by atoms with Crippen molar-refractivity contribution in [3.63, 3.8) is 0 Å². The van der Waals surface area contributed by atoms with Crippen LogP contribution >= 0.6 is 11.6 Å². The number of fused-ring (bicyclic) bond motifs is 1. The molecule has 0 radical (unpaired) electrons. The Morgan fingerprint density at radius 3 is 2.41 bits per heavy atom. The first-order chi connectivity index (χ1) is 13.8. The number of anilines is 1. The van der Waals surface area contributed by atoms with Crippen LogP contribution in [0.25, 0.3) is 10.9 Å². The Hall–Kier alpha value is -3.12. The van der Waals surface area contributed by atoms with Crippen molar-refractivity contribution in [3.8, 4) is 0 Å². The Balaban J connectivity index is 1.59. The average molecular weight is 413 g/mol. The summed E-state index contributed by atoms with van der Waals surface area (Å²) in [5.74, 6) is -0.873. The third kappa shape index (κ3) is 5.03. The predicted octanol–water partition coefficient (Wildman–Crippen LogP) is 4.85. The number of esters is 1. The number of carbonyl (C=O) groups excluding carboxylic acids is 3. The summed E-state index contributed by atoms with van der Waals surface area (Å²) in [6, 6.07) is 13.7. The van der Waals surface area contributed by atoms with Crippen LogP contribution in [0.5, 0.6) is 0 Å². The molecule has 1 amide bonds. The molecule has 2 N–H and O–H groups in total. The first-order valence-electron chi connectivity index (χ1n) is 9.21. The normalized spacial score (nSPS) is 10.9. The number of Topliss-reactive ketones (excluding diaryl/α,β-unsaturated/α-hetero) is 1. The van der Waals surface area contributed by atoms with Gasteiger partial charge in [-0.15, -0.1) is 0 Å². The molecule has 1 aromatic heterocycles. The van der Waals surface area contributed by atoms with Gasteiger partial charge in [-0.3, -0.25) is 9.59 Å². The number of hydrogen-bond acceptors (Lipinski definition) is 4. The van der Waals surface area contributed by atoms with E-state index >= 15 is 0 Å². The summed E-state index contributed by atoms with van der Waals surface area (Å²) in [5, 5.41) is 3.75. The molecule has 6 nitrogen and oxygen atoms in total. The number of nitrogens with one attached hydrogen (secondary N) is 2. The summed E-state index contributed by atoms with van der Waals surface area (Å²) >= 11 is 6.22. The molecule has 0 saturated carbocycles. The van der Waals surface area contributed by atoms with Crippen molar-refractivity contribution in [3.05, 3.63) is 64.8 Å². The van der Waals surface area contributed by atoms with Gasteiger partial charge in [0.2, 0.25) is 5.91 Å².